The fourth-order valence-electron chi connectivity index (χ4n) is 4.21. The number of thiophene rings is 1. The summed E-state index contributed by atoms with van der Waals surface area (Å²) in [4.78, 5) is 28.2. The van der Waals surface area contributed by atoms with Crippen LogP contribution in [0.15, 0.2) is 30.3 Å². The molecule has 0 bridgehead atoms. The number of quaternary nitrogens is 1. The van der Waals surface area contributed by atoms with E-state index in [0.717, 1.165) is 54.9 Å². The van der Waals surface area contributed by atoms with Crippen LogP contribution in [0.2, 0.25) is 0 Å². The zero-order valence-electron chi connectivity index (χ0n) is 16.2. The van der Waals surface area contributed by atoms with E-state index in [-0.39, 0.29) is 11.8 Å². The van der Waals surface area contributed by atoms with Crippen LogP contribution in [0.25, 0.3) is 0 Å². The number of carbonyl (C=O) groups excluding carboxylic acids is 2. The molecule has 1 saturated heterocycles. The Bertz CT molecular complexity index is 841. The van der Waals surface area contributed by atoms with Gasteiger partial charge in [0.2, 0.25) is 0 Å². The van der Waals surface area contributed by atoms with Gasteiger partial charge in [0.1, 0.15) is 5.00 Å². The van der Waals surface area contributed by atoms with E-state index < -0.39 is 0 Å². The van der Waals surface area contributed by atoms with Crippen molar-refractivity contribution >= 4 is 28.2 Å². The number of anilines is 1. The molecule has 0 radical (unpaired) electrons. The maximum atomic E-state index is 13.0. The first-order valence-electron chi connectivity index (χ1n) is 10.3. The predicted molar refractivity (Wildman–Crippen MR) is 112 cm³/mol. The van der Waals surface area contributed by atoms with Gasteiger partial charge >= 0.3 is 0 Å². The summed E-state index contributed by atoms with van der Waals surface area (Å²) in [5.74, 6) is -0.0559. The highest BCUT2D eigenvalue weighted by Crippen LogP contribution is 2.38. The SMILES string of the molecule is O=C(C[NH+]1CCCC1)Nc1sc2c(c1C(=O)NCc1ccccc1)CCCC2. The standard InChI is InChI=1S/C22H27N3O2S/c26-19(15-25-12-6-7-13-25)24-22-20(17-10-4-5-11-18(17)28-22)21(27)23-14-16-8-2-1-3-9-16/h1-3,8-9H,4-7,10-15H2,(H,23,27)(H,24,26)/p+1. The lowest BCUT2D eigenvalue weighted by molar-refractivity contribution is -0.878. The molecule has 5 nitrogen and oxygen atoms in total. The van der Waals surface area contributed by atoms with Gasteiger partial charge in [-0.2, -0.15) is 0 Å². The molecule has 0 saturated carbocycles. The van der Waals surface area contributed by atoms with Crippen molar-refractivity contribution in [1.82, 2.24) is 5.32 Å². The summed E-state index contributed by atoms with van der Waals surface area (Å²) in [6.45, 7) is 3.13. The summed E-state index contributed by atoms with van der Waals surface area (Å²) in [6, 6.07) is 9.92. The molecule has 4 rings (SSSR count). The van der Waals surface area contributed by atoms with Crippen LogP contribution in [0.1, 0.15) is 52.0 Å². The first-order valence-corrected chi connectivity index (χ1v) is 11.1. The van der Waals surface area contributed by atoms with Gasteiger partial charge in [-0.15, -0.1) is 11.3 Å². The Labute approximate surface area is 170 Å². The second-order valence-corrected chi connectivity index (χ2v) is 8.87. The predicted octanol–water partition coefficient (Wildman–Crippen LogP) is 2.17. The summed E-state index contributed by atoms with van der Waals surface area (Å²) in [5, 5.41) is 6.86. The minimum atomic E-state index is -0.0768. The first kappa shape index (κ1) is 19.2. The van der Waals surface area contributed by atoms with Gasteiger partial charge < -0.3 is 15.5 Å². The van der Waals surface area contributed by atoms with E-state index in [1.54, 1.807) is 11.3 Å². The Hall–Kier alpha value is -2.18. The quantitative estimate of drug-likeness (QED) is 0.698. The zero-order valence-corrected chi connectivity index (χ0v) is 17.0. The van der Waals surface area contributed by atoms with Crippen molar-refractivity contribution in [3.63, 3.8) is 0 Å². The van der Waals surface area contributed by atoms with E-state index in [2.05, 4.69) is 10.6 Å². The Morgan fingerprint density at radius 3 is 2.54 bits per heavy atom. The average molecular weight is 399 g/mol. The first-order chi connectivity index (χ1) is 13.7. The van der Waals surface area contributed by atoms with Crippen LogP contribution in [0.4, 0.5) is 5.00 Å². The minimum Gasteiger partial charge on any atom is -0.348 e. The lowest BCUT2D eigenvalue weighted by Gasteiger charge is -2.14. The average Bonchev–Trinajstić information content (AvgIpc) is 3.34. The topological polar surface area (TPSA) is 62.6 Å². The number of carbonyl (C=O) groups is 2. The van der Waals surface area contributed by atoms with Gasteiger partial charge in [-0.25, -0.2) is 0 Å². The largest absolute Gasteiger partial charge is 0.348 e. The van der Waals surface area contributed by atoms with Gasteiger partial charge in [-0.1, -0.05) is 30.3 Å². The number of hydrogen-bond acceptors (Lipinski definition) is 3. The molecule has 3 N–H and O–H groups in total. The van der Waals surface area contributed by atoms with Crippen molar-refractivity contribution in [2.75, 3.05) is 25.0 Å². The number of nitrogens with one attached hydrogen (secondary N) is 3. The van der Waals surface area contributed by atoms with Crippen molar-refractivity contribution in [3.8, 4) is 0 Å². The third-order valence-corrected chi connectivity index (χ3v) is 6.88. The van der Waals surface area contributed by atoms with Crippen molar-refractivity contribution in [1.29, 1.82) is 0 Å². The molecule has 2 aromatic rings. The van der Waals surface area contributed by atoms with E-state index in [4.69, 9.17) is 0 Å². The summed E-state index contributed by atoms with van der Waals surface area (Å²) in [7, 11) is 0. The van der Waals surface area contributed by atoms with Gasteiger partial charge in [0.25, 0.3) is 11.8 Å². The molecular formula is C22H28N3O2S+. The fourth-order valence-corrected chi connectivity index (χ4v) is 5.51. The van der Waals surface area contributed by atoms with E-state index in [0.29, 0.717) is 18.7 Å². The molecule has 1 aliphatic carbocycles. The third-order valence-electron chi connectivity index (χ3n) is 5.67. The van der Waals surface area contributed by atoms with Gasteiger partial charge in [0.05, 0.1) is 18.7 Å². The van der Waals surface area contributed by atoms with Gasteiger partial charge in [0, 0.05) is 24.3 Å². The molecule has 2 aliphatic rings. The summed E-state index contributed by atoms with van der Waals surface area (Å²) in [5.41, 5.74) is 2.91. The maximum Gasteiger partial charge on any atom is 0.280 e. The maximum absolute atomic E-state index is 13.0. The van der Waals surface area contributed by atoms with Crippen molar-refractivity contribution in [2.45, 2.75) is 45.1 Å². The highest BCUT2D eigenvalue weighted by molar-refractivity contribution is 7.17. The Morgan fingerprint density at radius 1 is 1.00 bits per heavy atom. The Kier molecular flexibility index (Phi) is 6.07. The zero-order chi connectivity index (χ0) is 19.3. The molecule has 148 valence electrons. The highest BCUT2D eigenvalue weighted by atomic mass is 32.1. The molecule has 1 aromatic carbocycles. The molecule has 0 unspecified atom stereocenters. The van der Waals surface area contributed by atoms with E-state index in [1.165, 1.54) is 22.6 Å². The number of benzene rings is 1. The minimum absolute atomic E-state index is 0.0209. The summed E-state index contributed by atoms with van der Waals surface area (Å²) in [6.07, 6.45) is 6.59. The van der Waals surface area contributed by atoms with Gasteiger partial charge in [0.15, 0.2) is 6.54 Å². The van der Waals surface area contributed by atoms with Crippen LogP contribution in [-0.2, 0) is 24.2 Å². The normalized spacial score (nSPS) is 16.6. The number of aryl methyl sites for hydroxylation is 1. The summed E-state index contributed by atoms with van der Waals surface area (Å²) >= 11 is 1.60. The monoisotopic (exact) mass is 398 g/mol. The molecule has 2 heterocycles. The van der Waals surface area contributed by atoms with Gasteiger partial charge in [-0.05, 0) is 36.8 Å². The fraction of sp³-hybridized carbons (Fsp3) is 0.455. The number of likely N-dealkylation sites (tertiary alicyclic amines) is 1. The third kappa shape index (κ3) is 4.45. The number of amides is 2. The van der Waals surface area contributed by atoms with Crippen molar-refractivity contribution < 1.29 is 14.5 Å². The van der Waals surface area contributed by atoms with Crippen LogP contribution >= 0.6 is 11.3 Å². The number of rotatable bonds is 6. The number of hydrogen-bond donors (Lipinski definition) is 3. The molecule has 1 fully saturated rings. The molecule has 2 amide bonds. The second-order valence-electron chi connectivity index (χ2n) is 7.77. The van der Waals surface area contributed by atoms with Crippen LogP contribution < -0.4 is 15.5 Å². The molecule has 28 heavy (non-hydrogen) atoms. The molecular weight excluding hydrogens is 370 g/mol. The lowest BCUT2D eigenvalue weighted by atomic mass is 9.95. The van der Waals surface area contributed by atoms with Crippen molar-refractivity contribution in [2.24, 2.45) is 0 Å². The number of fused-ring (bicyclic) bond motifs is 1. The lowest BCUT2D eigenvalue weighted by Crippen LogP contribution is -3.11. The highest BCUT2D eigenvalue weighted by Gasteiger charge is 2.27. The van der Waals surface area contributed by atoms with E-state index in [9.17, 15) is 9.59 Å². The van der Waals surface area contributed by atoms with E-state index in [1.807, 2.05) is 30.3 Å². The van der Waals surface area contributed by atoms with Crippen LogP contribution in [0, 0.1) is 0 Å². The molecule has 1 aromatic heterocycles. The van der Waals surface area contributed by atoms with Crippen molar-refractivity contribution in [3.05, 3.63) is 51.9 Å². The van der Waals surface area contributed by atoms with Gasteiger partial charge in [-0.3, -0.25) is 9.59 Å². The Morgan fingerprint density at radius 2 is 1.75 bits per heavy atom. The van der Waals surface area contributed by atoms with Crippen LogP contribution in [0.3, 0.4) is 0 Å². The molecule has 0 atom stereocenters. The van der Waals surface area contributed by atoms with Crippen LogP contribution in [-0.4, -0.2) is 31.4 Å². The molecule has 0 spiro atoms. The van der Waals surface area contributed by atoms with Crippen LogP contribution in [0.5, 0.6) is 0 Å². The summed E-state index contributed by atoms with van der Waals surface area (Å²) < 4.78 is 0. The molecule has 1 aliphatic heterocycles. The second kappa shape index (κ2) is 8.88. The molecule has 6 heteroatoms. The Balaban J connectivity index is 1.50. The van der Waals surface area contributed by atoms with E-state index >= 15 is 0 Å². The smallest absolute Gasteiger partial charge is 0.280 e.